The van der Waals surface area contributed by atoms with E-state index in [0.29, 0.717) is 5.41 Å². The van der Waals surface area contributed by atoms with E-state index in [2.05, 4.69) is 24.5 Å². The summed E-state index contributed by atoms with van der Waals surface area (Å²) in [5.41, 5.74) is 0.529. The Kier molecular flexibility index (Phi) is 5.08. The lowest BCUT2D eigenvalue weighted by Gasteiger charge is -2.31. The maximum absolute atomic E-state index is 11.4. The molecule has 1 saturated carbocycles. The molecule has 0 spiro atoms. The van der Waals surface area contributed by atoms with Crippen molar-refractivity contribution in [2.75, 3.05) is 32.7 Å². The third-order valence-corrected chi connectivity index (χ3v) is 4.51. The highest BCUT2D eigenvalue weighted by Gasteiger charge is 2.33. The van der Waals surface area contributed by atoms with E-state index < -0.39 is 0 Å². The van der Waals surface area contributed by atoms with Crippen molar-refractivity contribution in [2.45, 2.75) is 46.0 Å². The molecule has 2 amide bonds. The van der Waals surface area contributed by atoms with E-state index in [0.717, 1.165) is 38.6 Å². The summed E-state index contributed by atoms with van der Waals surface area (Å²) in [6.45, 7) is 9.20. The number of hydrogen-bond acceptors (Lipinski definition) is 2. The third-order valence-electron chi connectivity index (χ3n) is 4.51. The second-order valence-corrected chi connectivity index (χ2v) is 6.70. The lowest BCUT2D eigenvalue weighted by atomic mass is 9.78. The summed E-state index contributed by atoms with van der Waals surface area (Å²) in [5.74, 6) is 0.782. The van der Waals surface area contributed by atoms with Crippen molar-refractivity contribution in [2.24, 2.45) is 11.3 Å². The zero-order chi connectivity index (χ0) is 13.7. The lowest BCUT2D eigenvalue weighted by molar-refractivity contribution is 0.209. The van der Waals surface area contributed by atoms with Crippen molar-refractivity contribution in [3.05, 3.63) is 0 Å². The molecule has 2 rings (SSSR count). The molecule has 1 aliphatic heterocycles. The van der Waals surface area contributed by atoms with Crippen molar-refractivity contribution >= 4 is 6.03 Å². The van der Waals surface area contributed by atoms with Crippen LogP contribution in [-0.4, -0.2) is 43.7 Å². The van der Waals surface area contributed by atoms with E-state index in [1.54, 1.807) is 0 Å². The Balaban J connectivity index is 1.69. The van der Waals surface area contributed by atoms with Crippen LogP contribution in [0.1, 0.15) is 46.0 Å². The number of hydrogen-bond donors (Lipinski definition) is 2. The second kappa shape index (κ2) is 6.60. The van der Waals surface area contributed by atoms with Gasteiger partial charge in [0.15, 0.2) is 0 Å². The van der Waals surface area contributed by atoms with Gasteiger partial charge >= 0.3 is 6.03 Å². The van der Waals surface area contributed by atoms with Crippen LogP contribution in [0.25, 0.3) is 0 Å². The number of carbonyl (C=O) groups is 1. The van der Waals surface area contributed by atoms with Crippen molar-refractivity contribution < 1.29 is 4.79 Å². The molecule has 1 saturated heterocycles. The van der Waals surface area contributed by atoms with E-state index in [1.807, 2.05) is 4.90 Å². The van der Waals surface area contributed by atoms with Crippen molar-refractivity contribution in [1.82, 2.24) is 15.5 Å². The van der Waals surface area contributed by atoms with Gasteiger partial charge in [-0.3, -0.25) is 0 Å². The molecule has 4 nitrogen and oxygen atoms in total. The van der Waals surface area contributed by atoms with Crippen molar-refractivity contribution in [3.8, 4) is 0 Å². The van der Waals surface area contributed by atoms with Crippen molar-refractivity contribution in [1.29, 1.82) is 0 Å². The molecule has 0 aromatic rings. The van der Waals surface area contributed by atoms with Gasteiger partial charge < -0.3 is 15.5 Å². The lowest BCUT2D eigenvalue weighted by Crippen LogP contribution is -2.39. The Morgan fingerprint density at radius 1 is 1.37 bits per heavy atom. The summed E-state index contributed by atoms with van der Waals surface area (Å²) in [6.07, 6.45) is 6.88. The first-order valence-electron chi connectivity index (χ1n) is 7.85. The molecule has 2 N–H and O–H groups in total. The minimum atomic E-state index is 0.0968. The van der Waals surface area contributed by atoms with Gasteiger partial charge in [-0.2, -0.15) is 0 Å². The van der Waals surface area contributed by atoms with Crippen LogP contribution in [0.3, 0.4) is 0 Å². The number of nitrogens with one attached hydrogen (secondary N) is 2. The molecule has 1 aliphatic carbocycles. The van der Waals surface area contributed by atoms with Gasteiger partial charge in [-0.25, -0.2) is 4.79 Å². The van der Waals surface area contributed by atoms with Gasteiger partial charge in [0.2, 0.25) is 0 Å². The Bertz CT molecular complexity index is 298. The highest BCUT2D eigenvalue weighted by atomic mass is 16.2. The molecule has 0 aromatic carbocycles. The fourth-order valence-corrected chi connectivity index (χ4v) is 3.74. The number of urea groups is 1. The SMILES string of the molecule is CC(C)CC1(CNCCN2CCNC2=O)CCCC1. The van der Waals surface area contributed by atoms with Crippen LogP contribution in [0.5, 0.6) is 0 Å². The zero-order valence-electron chi connectivity index (χ0n) is 12.5. The quantitative estimate of drug-likeness (QED) is 0.695. The normalized spacial score (nSPS) is 22.3. The van der Waals surface area contributed by atoms with Gasteiger partial charge in [0.25, 0.3) is 0 Å². The Labute approximate surface area is 117 Å². The molecule has 2 aliphatic rings. The molecule has 0 radical (unpaired) electrons. The van der Waals surface area contributed by atoms with Crippen molar-refractivity contribution in [3.63, 3.8) is 0 Å². The Morgan fingerprint density at radius 2 is 2.11 bits per heavy atom. The Morgan fingerprint density at radius 3 is 2.68 bits per heavy atom. The van der Waals surface area contributed by atoms with E-state index in [9.17, 15) is 4.79 Å². The molecule has 0 unspecified atom stereocenters. The average molecular weight is 267 g/mol. The van der Waals surface area contributed by atoms with Crippen LogP contribution in [0.2, 0.25) is 0 Å². The summed E-state index contributed by atoms with van der Waals surface area (Å²) < 4.78 is 0. The summed E-state index contributed by atoms with van der Waals surface area (Å²) in [6, 6.07) is 0.0968. The van der Waals surface area contributed by atoms with Crippen LogP contribution in [0.15, 0.2) is 0 Å². The van der Waals surface area contributed by atoms with E-state index in [1.165, 1.54) is 32.1 Å². The Hall–Kier alpha value is -0.770. The largest absolute Gasteiger partial charge is 0.336 e. The van der Waals surface area contributed by atoms with Gasteiger partial charge in [-0.15, -0.1) is 0 Å². The van der Waals surface area contributed by atoms with Crippen LogP contribution in [0, 0.1) is 11.3 Å². The standard InChI is InChI=1S/C15H29N3O/c1-13(2)11-15(5-3-4-6-15)12-16-7-9-18-10-8-17-14(18)19/h13,16H,3-12H2,1-2H3,(H,17,19). The maximum Gasteiger partial charge on any atom is 0.317 e. The first-order chi connectivity index (χ1) is 9.11. The summed E-state index contributed by atoms with van der Waals surface area (Å²) in [5, 5.41) is 6.44. The van der Waals surface area contributed by atoms with Gasteiger partial charge in [0, 0.05) is 32.7 Å². The van der Waals surface area contributed by atoms with Crippen LogP contribution < -0.4 is 10.6 Å². The predicted molar refractivity (Wildman–Crippen MR) is 78.2 cm³/mol. The number of rotatable bonds is 7. The molecule has 4 heteroatoms. The summed E-state index contributed by atoms with van der Waals surface area (Å²) in [4.78, 5) is 13.3. The van der Waals surface area contributed by atoms with Crippen LogP contribution in [-0.2, 0) is 0 Å². The minimum absolute atomic E-state index is 0.0968. The van der Waals surface area contributed by atoms with Crippen LogP contribution in [0.4, 0.5) is 4.79 Å². The zero-order valence-corrected chi connectivity index (χ0v) is 12.5. The van der Waals surface area contributed by atoms with Gasteiger partial charge in [0.1, 0.15) is 0 Å². The predicted octanol–water partition coefficient (Wildman–Crippen LogP) is 2.21. The van der Waals surface area contributed by atoms with Crippen LogP contribution >= 0.6 is 0 Å². The van der Waals surface area contributed by atoms with E-state index in [-0.39, 0.29) is 6.03 Å². The average Bonchev–Trinajstić information content (AvgIpc) is 2.95. The summed E-state index contributed by atoms with van der Waals surface area (Å²) >= 11 is 0. The molecule has 2 fully saturated rings. The fourth-order valence-electron chi connectivity index (χ4n) is 3.74. The first-order valence-corrected chi connectivity index (χ1v) is 7.85. The van der Waals surface area contributed by atoms with E-state index in [4.69, 9.17) is 0 Å². The highest BCUT2D eigenvalue weighted by Crippen LogP contribution is 2.42. The topological polar surface area (TPSA) is 44.4 Å². The minimum Gasteiger partial charge on any atom is -0.336 e. The monoisotopic (exact) mass is 267 g/mol. The molecule has 0 bridgehead atoms. The smallest absolute Gasteiger partial charge is 0.317 e. The van der Waals surface area contributed by atoms with Gasteiger partial charge in [0.05, 0.1) is 0 Å². The van der Waals surface area contributed by atoms with Gasteiger partial charge in [-0.05, 0) is 30.6 Å². The molecule has 19 heavy (non-hydrogen) atoms. The van der Waals surface area contributed by atoms with E-state index >= 15 is 0 Å². The molecule has 0 aromatic heterocycles. The molecule has 1 heterocycles. The summed E-state index contributed by atoms with van der Waals surface area (Å²) in [7, 11) is 0. The number of amides is 2. The molecule has 0 atom stereocenters. The molecular weight excluding hydrogens is 238 g/mol. The first kappa shape index (κ1) is 14.6. The molecule has 110 valence electrons. The number of nitrogens with zero attached hydrogens (tertiary/aromatic N) is 1. The third kappa shape index (κ3) is 4.10. The molecular formula is C15H29N3O. The second-order valence-electron chi connectivity index (χ2n) is 6.70. The van der Waals surface area contributed by atoms with Gasteiger partial charge in [-0.1, -0.05) is 26.7 Å². The fraction of sp³-hybridized carbons (Fsp3) is 0.933. The number of carbonyl (C=O) groups excluding carboxylic acids is 1. The highest BCUT2D eigenvalue weighted by molar-refractivity contribution is 5.76. The maximum atomic E-state index is 11.4.